The minimum atomic E-state index is -0.507. The summed E-state index contributed by atoms with van der Waals surface area (Å²) in [6, 6.07) is 20.3. The van der Waals surface area contributed by atoms with Gasteiger partial charge < -0.3 is 10.1 Å². The van der Waals surface area contributed by atoms with Gasteiger partial charge in [0.15, 0.2) is 0 Å². The van der Waals surface area contributed by atoms with E-state index in [4.69, 9.17) is 16.3 Å². The largest absolute Gasteiger partial charge is 0.488 e. The topological polar surface area (TPSA) is 62.1 Å². The molecule has 0 unspecified atom stereocenters. The zero-order valence-corrected chi connectivity index (χ0v) is 20.4. The fraction of sp³-hybridized carbons (Fsp3) is 0.0833. The molecule has 0 saturated heterocycles. The standard InChI is InChI=1S/C24H17Br2ClN2O2/c1-15-6-8-19(12-22(15)27)29-24(30)18(13-28)10-16-7-9-23(21(26)11-16)31-14-17-4-2-3-5-20(17)25/h2-12H,14H2,1H3,(H,29,30)/b18-10+. The van der Waals surface area contributed by atoms with E-state index >= 15 is 0 Å². The first-order valence-electron chi connectivity index (χ1n) is 9.22. The average molecular weight is 561 g/mol. The second kappa shape index (κ2) is 10.6. The summed E-state index contributed by atoms with van der Waals surface area (Å²) >= 11 is 13.1. The fourth-order valence-electron chi connectivity index (χ4n) is 2.68. The number of carbonyl (C=O) groups is 1. The van der Waals surface area contributed by atoms with Crippen molar-refractivity contribution in [1.82, 2.24) is 0 Å². The maximum Gasteiger partial charge on any atom is 0.266 e. The van der Waals surface area contributed by atoms with Gasteiger partial charge in [-0.3, -0.25) is 4.79 Å². The van der Waals surface area contributed by atoms with Gasteiger partial charge in [0.05, 0.1) is 4.47 Å². The summed E-state index contributed by atoms with van der Waals surface area (Å²) < 4.78 is 7.58. The van der Waals surface area contributed by atoms with Crippen LogP contribution in [-0.4, -0.2) is 5.91 Å². The molecule has 31 heavy (non-hydrogen) atoms. The van der Waals surface area contributed by atoms with Crippen molar-refractivity contribution in [2.45, 2.75) is 13.5 Å². The lowest BCUT2D eigenvalue weighted by Crippen LogP contribution is -2.13. The smallest absolute Gasteiger partial charge is 0.266 e. The van der Waals surface area contributed by atoms with Crippen molar-refractivity contribution in [3.63, 3.8) is 0 Å². The normalized spacial score (nSPS) is 11.0. The molecule has 0 saturated carbocycles. The van der Waals surface area contributed by atoms with Gasteiger partial charge in [0.25, 0.3) is 5.91 Å². The molecule has 7 heteroatoms. The van der Waals surface area contributed by atoms with Crippen molar-refractivity contribution >= 4 is 61.1 Å². The van der Waals surface area contributed by atoms with Crippen molar-refractivity contribution in [1.29, 1.82) is 5.26 Å². The molecule has 0 aliphatic heterocycles. The summed E-state index contributed by atoms with van der Waals surface area (Å²) in [5, 5.41) is 12.7. The van der Waals surface area contributed by atoms with Crippen LogP contribution in [0.4, 0.5) is 5.69 Å². The number of benzene rings is 3. The molecule has 3 aromatic carbocycles. The molecule has 156 valence electrons. The highest BCUT2D eigenvalue weighted by Crippen LogP contribution is 2.29. The predicted octanol–water partition coefficient (Wildman–Crippen LogP) is 7.30. The van der Waals surface area contributed by atoms with Crippen LogP contribution in [0.5, 0.6) is 5.75 Å². The number of nitriles is 1. The number of ether oxygens (including phenoxy) is 1. The first-order valence-corrected chi connectivity index (χ1v) is 11.2. The van der Waals surface area contributed by atoms with Crippen LogP contribution in [0, 0.1) is 18.3 Å². The van der Waals surface area contributed by atoms with E-state index in [0.29, 0.717) is 28.6 Å². The lowest BCUT2D eigenvalue weighted by atomic mass is 10.1. The highest BCUT2D eigenvalue weighted by molar-refractivity contribution is 9.10. The number of amides is 1. The second-order valence-electron chi connectivity index (χ2n) is 6.66. The van der Waals surface area contributed by atoms with Crippen molar-refractivity contribution in [2.24, 2.45) is 0 Å². The fourth-order valence-corrected chi connectivity index (χ4v) is 3.77. The molecular formula is C24H17Br2ClN2O2. The van der Waals surface area contributed by atoms with Crippen LogP contribution < -0.4 is 10.1 Å². The number of halogens is 3. The third-order valence-corrected chi connectivity index (χ3v) is 6.20. The average Bonchev–Trinajstić information content (AvgIpc) is 2.75. The van der Waals surface area contributed by atoms with E-state index < -0.39 is 5.91 Å². The molecule has 0 spiro atoms. The SMILES string of the molecule is Cc1ccc(NC(=O)/C(C#N)=C/c2ccc(OCc3ccccc3Br)c(Br)c2)cc1Cl. The van der Waals surface area contributed by atoms with E-state index in [9.17, 15) is 10.1 Å². The Balaban J connectivity index is 1.72. The van der Waals surface area contributed by atoms with Gasteiger partial charge in [-0.2, -0.15) is 5.26 Å². The molecule has 3 rings (SSSR count). The van der Waals surface area contributed by atoms with Crippen LogP contribution in [0.15, 0.2) is 75.2 Å². The number of hydrogen-bond donors (Lipinski definition) is 1. The summed E-state index contributed by atoms with van der Waals surface area (Å²) in [5.41, 5.74) is 3.12. The first-order chi connectivity index (χ1) is 14.9. The van der Waals surface area contributed by atoms with Gasteiger partial charge in [0, 0.05) is 20.7 Å². The highest BCUT2D eigenvalue weighted by atomic mass is 79.9. The summed E-state index contributed by atoms with van der Waals surface area (Å²) in [7, 11) is 0. The number of carbonyl (C=O) groups excluding carboxylic acids is 1. The molecular weight excluding hydrogens is 544 g/mol. The maximum atomic E-state index is 12.5. The molecule has 0 bridgehead atoms. The van der Waals surface area contributed by atoms with Crippen molar-refractivity contribution in [3.05, 3.63) is 96.9 Å². The van der Waals surface area contributed by atoms with Gasteiger partial charge in [-0.15, -0.1) is 0 Å². The van der Waals surface area contributed by atoms with E-state index in [1.165, 1.54) is 6.08 Å². The second-order valence-corrected chi connectivity index (χ2v) is 8.77. The number of rotatable bonds is 6. The lowest BCUT2D eigenvalue weighted by Gasteiger charge is -2.10. The van der Waals surface area contributed by atoms with Crippen molar-refractivity contribution < 1.29 is 9.53 Å². The lowest BCUT2D eigenvalue weighted by molar-refractivity contribution is -0.112. The van der Waals surface area contributed by atoms with Gasteiger partial charge in [-0.25, -0.2) is 0 Å². The molecule has 0 aromatic heterocycles. The minimum Gasteiger partial charge on any atom is -0.488 e. The monoisotopic (exact) mass is 558 g/mol. The van der Waals surface area contributed by atoms with Gasteiger partial charge in [0.2, 0.25) is 0 Å². The van der Waals surface area contributed by atoms with Gasteiger partial charge >= 0.3 is 0 Å². The third-order valence-electron chi connectivity index (χ3n) is 4.40. The Morgan fingerprint density at radius 3 is 2.58 bits per heavy atom. The molecule has 0 aliphatic carbocycles. The van der Waals surface area contributed by atoms with Crippen LogP contribution in [0.3, 0.4) is 0 Å². The molecule has 0 atom stereocenters. The highest BCUT2D eigenvalue weighted by Gasteiger charge is 2.11. The Hall–Kier alpha value is -2.59. The zero-order chi connectivity index (χ0) is 22.4. The predicted molar refractivity (Wildman–Crippen MR) is 131 cm³/mol. The Morgan fingerprint density at radius 1 is 1.13 bits per heavy atom. The van der Waals surface area contributed by atoms with E-state index in [-0.39, 0.29) is 5.57 Å². The molecule has 0 radical (unpaired) electrons. The Morgan fingerprint density at radius 2 is 1.90 bits per heavy atom. The summed E-state index contributed by atoms with van der Waals surface area (Å²) in [4.78, 5) is 12.5. The van der Waals surface area contributed by atoms with Crippen LogP contribution in [0.25, 0.3) is 6.08 Å². The van der Waals surface area contributed by atoms with Gasteiger partial charge in [-0.05, 0) is 70.4 Å². The van der Waals surface area contributed by atoms with Gasteiger partial charge in [-0.1, -0.05) is 57.9 Å². The Bertz CT molecular complexity index is 1200. The quantitative estimate of drug-likeness (QED) is 0.254. The summed E-state index contributed by atoms with van der Waals surface area (Å²) in [6.07, 6.45) is 1.52. The number of aryl methyl sites for hydroxylation is 1. The van der Waals surface area contributed by atoms with E-state index in [1.54, 1.807) is 36.4 Å². The Kier molecular flexibility index (Phi) is 7.91. The Labute approximate surface area is 202 Å². The number of nitrogens with zero attached hydrogens (tertiary/aromatic N) is 1. The van der Waals surface area contributed by atoms with Crippen LogP contribution in [0.1, 0.15) is 16.7 Å². The van der Waals surface area contributed by atoms with Crippen LogP contribution >= 0.6 is 43.5 Å². The third kappa shape index (κ3) is 6.20. The van der Waals surface area contributed by atoms with Crippen LogP contribution in [0.2, 0.25) is 5.02 Å². The van der Waals surface area contributed by atoms with E-state index in [0.717, 1.165) is 20.1 Å². The van der Waals surface area contributed by atoms with E-state index in [2.05, 4.69) is 37.2 Å². The molecule has 4 nitrogen and oxygen atoms in total. The molecule has 0 fully saturated rings. The molecule has 0 heterocycles. The maximum absolute atomic E-state index is 12.5. The minimum absolute atomic E-state index is 0.0227. The summed E-state index contributed by atoms with van der Waals surface area (Å²) in [6.45, 7) is 2.28. The zero-order valence-electron chi connectivity index (χ0n) is 16.5. The first kappa shape index (κ1) is 23.1. The molecule has 1 N–H and O–H groups in total. The summed E-state index contributed by atoms with van der Waals surface area (Å²) in [5.74, 6) is 0.151. The molecule has 3 aromatic rings. The number of anilines is 1. The van der Waals surface area contributed by atoms with Crippen LogP contribution in [-0.2, 0) is 11.4 Å². The number of nitrogens with one attached hydrogen (secondary N) is 1. The molecule has 0 aliphatic rings. The van der Waals surface area contributed by atoms with E-state index in [1.807, 2.05) is 37.3 Å². The number of hydrogen-bond acceptors (Lipinski definition) is 3. The van der Waals surface area contributed by atoms with Gasteiger partial charge in [0.1, 0.15) is 24.0 Å². The molecule has 1 amide bonds. The van der Waals surface area contributed by atoms with Crippen molar-refractivity contribution in [2.75, 3.05) is 5.32 Å². The van der Waals surface area contributed by atoms with Crippen molar-refractivity contribution in [3.8, 4) is 11.8 Å².